The number of methoxy groups -OCH3 is 1. The molecule has 1 fully saturated rings. The molecule has 1 saturated heterocycles. The van der Waals surface area contributed by atoms with Gasteiger partial charge in [-0.2, -0.15) is 0 Å². The highest BCUT2D eigenvalue weighted by Crippen LogP contribution is 2.17. The molecular weight excluding hydrogens is 316 g/mol. The first-order valence-corrected chi connectivity index (χ1v) is 8.46. The van der Waals surface area contributed by atoms with Crippen molar-refractivity contribution < 1.29 is 14.3 Å². The molecule has 5 nitrogen and oxygen atoms in total. The summed E-state index contributed by atoms with van der Waals surface area (Å²) in [6.07, 6.45) is 1.53. The van der Waals surface area contributed by atoms with Gasteiger partial charge in [-0.3, -0.25) is 9.59 Å². The molecule has 1 heterocycles. The first-order chi connectivity index (χ1) is 12.2. The Morgan fingerprint density at radius 3 is 2.20 bits per heavy atom. The van der Waals surface area contributed by atoms with Gasteiger partial charge in [-0.1, -0.05) is 18.2 Å². The van der Waals surface area contributed by atoms with E-state index in [1.165, 1.54) is 0 Å². The fraction of sp³-hybridized carbons (Fsp3) is 0.300. The molecule has 2 aromatic rings. The summed E-state index contributed by atoms with van der Waals surface area (Å²) in [5, 5.41) is 3.06. The Morgan fingerprint density at radius 2 is 1.60 bits per heavy atom. The zero-order valence-corrected chi connectivity index (χ0v) is 14.3. The van der Waals surface area contributed by atoms with Gasteiger partial charge in [0.05, 0.1) is 7.11 Å². The number of ether oxygens (including phenoxy) is 1. The minimum atomic E-state index is -0.0551. The lowest BCUT2D eigenvalue weighted by molar-refractivity contribution is 0.0698. The van der Waals surface area contributed by atoms with E-state index in [9.17, 15) is 9.59 Å². The molecule has 5 heteroatoms. The molecule has 2 aromatic carbocycles. The van der Waals surface area contributed by atoms with Crippen LogP contribution in [0.2, 0.25) is 0 Å². The smallest absolute Gasteiger partial charge is 0.253 e. The van der Waals surface area contributed by atoms with Crippen LogP contribution in [-0.2, 0) is 0 Å². The van der Waals surface area contributed by atoms with Gasteiger partial charge >= 0.3 is 0 Å². The van der Waals surface area contributed by atoms with Crippen molar-refractivity contribution in [3.8, 4) is 5.75 Å². The molecule has 1 aliphatic heterocycles. The van der Waals surface area contributed by atoms with Crippen LogP contribution < -0.4 is 10.1 Å². The maximum Gasteiger partial charge on any atom is 0.253 e. The summed E-state index contributed by atoms with van der Waals surface area (Å²) in [5.74, 6) is 0.704. The van der Waals surface area contributed by atoms with Crippen LogP contribution in [0.3, 0.4) is 0 Å². The summed E-state index contributed by atoms with van der Waals surface area (Å²) in [4.78, 5) is 26.6. The zero-order chi connectivity index (χ0) is 17.6. The van der Waals surface area contributed by atoms with Gasteiger partial charge in [0.1, 0.15) is 5.75 Å². The molecule has 3 rings (SSSR count). The fourth-order valence-corrected chi connectivity index (χ4v) is 3.00. The number of piperidine rings is 1. The third-order valence-corrected chi connectivity index (χ3v) is 4.49. The molecule has 0 atom stereocenters. The van der Waals surface area contributed by atoms with Crippen molar-refractivity contribution in [3.63, 3.8) is 0 Å². The topological polar surface area (TPSA) is 58.6 Å². The highest BCUT2D eigenvalue weighted by atomic mass is 16.5. The van der Waals surface area contributed by atoms with Crippen molar-refractivity contribution in [2.75, 3.05) is 20.2 Å². The second-order valence-electron chi connectivity index (χ2n) is 6.13. The van der Waals surface area contributed by atoms with Crippen molar-refractivity contribution >= 4 is 11.8 Å². The second-order valence-corrected chi connectivity index (χ2v) is 6.13. The molecule has 25 heavy (non-hydrogen) atoms. The number of amides is 2. The summed E-state index contributed by atoms with van der Waals surface area (Å²) in [6.45, 7) is 1.29. The minimum Gasteiger partial charge on any atom is -0.497 e. The third-order valence-electron chi connectivity index (χ3n) is 4.49. The number of carbonyl (C=O) groups excluding carboxylic acids is 2. The standard InChI is InChI=1S/C20H22N2O3/c1-25-18-9-7-16(8-10-18)20(24)22-13-11-17(12-14-22)21-19(23)15-5-3-2-4-6-15/h2-10,17H,11-14H2,1H3,(H,21,23). The molecule has 2 amide bonds. The molecule has 130 valence electrons. The van der Waals surface area contributed by atoms with Crippen molar-refractivity contribution in [1.29, 1.82) is 0 Å². The average molecular weight is 338 g/mol. The van der Waals surface area contributed by atoms with Gasteiger partial charge < -0.3 is 15.0 Å². The van der Waals surface area contributed by atoms with Crippen LogP contribution in [0, 0.1) is 0 Å². The van der Waals surface area contributed by atoms with Gasteiger partial charge in [0.25, 0.3) is 11.8 Å². The lowest BCUT2D eigenvalue weighted by atomic mass is 10.0. The average Bonchev–Trinajstić information content (AvgIpc) is 2.69. The van der Waals surface area contributed by atoms with E-state index < -0.39 is 0 Å². The number of rotatable bonds is 4. The van der Waals surface area contributed by atoms with E-state index in [1.54, 1.807) is 43.5 Å². The van der Waals surface area contributed by atoms with Crippen LogP contribution in [0.25, 0.3) is 0 Å². The molecule has 0 bridgehead atoms. The molecule has 1 aliphatic rings. The summed E-state index contributed by atoms with van der Waals surface area (Å²) in [6, 6.07) is 16.5. The number of carbonyl (C=O) groups is 2. The van der Waals surface area contributed by atoms with Crippen molar-refractivity contribution in [1.82, 2.24) is 10.2 Å². The van der Waals surface area contributed by atoms with Crippen LogP contribution in [-0.4, -0.2) is 43.0 Å². The zero-order valence-electron chi connectivity index (χ0n) is 14.3. The van der Waals surface area contributed by atoms with Crippen molar-refractivity contribution in [2.45, 2.75) is 18.9 Å². The molecule has 0 radical (unpaired) electrons. The predicted molar refractivity (Wildman–Crippen MR) is 95.8 cm³/mol. The first-order valence-electron chi connectivity index (χ1n) is 8.46. The Bertz CT molecular complexity index is 720. The summed E-state index contributed by atoms with van der Waals surface area (Å²) in [5.41, 5.74) is 1.33. The van der Waals surface area contributed by atoms with Gasteiger partial charge in [-0.05, 0) is 49.2 Å². The molecule has 0 aromatic heterocycles. The fourth-order valence-electron chi connectivity index (χ4n) is 3.00. The van der Waals surface area contributed by atoms with Crippen LogP contribution in [0.15, 0.2) is 54.6 Å². The van der Waals surface area contributed by atoms with Crippen LogP contribution >= 0.6 is 0 Å². The highest BCUT2D eigenvalue weighted by molar-refractivity contribution is 5.95. The van der Waals surface area contributed by atoms with E-state index in [4.69, 9.17) is 4.74 Å². The summed E-state index contributed by atoms with van der Waals surface area (Å²) >= 11 is 0. The number of benzene rings is 2. The monoisotopic (exact) mass is 338 g/mol. The lowest BCUT2D eigenvalue weighted by Crippen LogP contribution is -2.46. The normalized spacial score (nSPS) is 14.8. The van der Waals surface area contributed by atoms with Gasteiger partial charge in [0, 0.05) is 30.3 Å². The van der Waals surface area contributed by atoms with Crippen LogP contribution in [0.4, 0.5) is 0 Å². The SMILES string of the molecule is COc1ccc(C(=O)N2CCC(NC(=O)c3ccccc3)CC2)cc1. The van der Waals surface area contributed by atoms with E-state index >= 15 is 0 Å². The van der Waals surface area contributed by atoms with Gasteiger partial charge in [0.2, 0.25) is 0 Å². The van der Waals surface area contributed by atoms with Crippen molar-refractivity contribution in [2.24, 2.45) is 0 Å². The molecule has 0 unspecified atom stereocenters. The Kier molecular flexibility index (Phi) is 5.33. The Hall–Kier alpha value is -2.82. The van der Waals surface area contributed by atoms with Gasteiger partial charge in [-0.25, -0.2) is 0 Å². The largest absolute Gasteiger partial charge is 0.497 e. The predicted octanol–water partition coefficient (Wildman–Crippen LogP) is 2.73. The molecular formula is C20H22N2O3. The summed E-state index contributed by atoms with van der Waals surface area (Å²) < 4.78 is 5.12. The van der Waals surface area contributed by atoms with E-state index in [2.05, 4.69) is 5.32 Å². The Labute approximate surface area is 147 Å². The van der Waals surface area contributed by atoms with Gasteiger partial charge in [0.15, 0.2) is 0 Å². The maximum atomic E-state index is 12.5. The second kappa shape index (κ2) is 7.83. The Morgan fingerprint density at radius 1 is 0.960 bits per heavy atom. The highest BCUT2D eigenvalue weighted by Gasteiger charge is 2.24. The Balaban J connectivity index is 1.52. The number of nitrogens with one attached hydrogen (secondary N) is 1. The molecule has 1 N–H and O–H groups in total. The number of hydrogen-bond acceptors (Lipinski definition) is 3. The minimum absolute atomic E-state index is 0.0236. The summed E-state index contributed by atoms with van der Waals surface area (Å²) in [7, 11) is 1.60. The number of likely N-dealkylation sites (tertiary alicyclic amines) is 1. The number of hydrogen-bond donors (Lipinski definition) is 1. The van der Waals surface area contributed by atoms with E-state index in [1.807, 2.05) is 23.1 Å². The van der Waals surface area contributed by atoms with E-state index in [0.717, 1.165) is 18.6 Å². The van der Waals surface area contributed by atoms with Crippen LogP contribution in [0.5, 0.6) is 5.75 Å². The quantitative estimate of drug-likeness (QED) is 0.932. The third kappa shape index (κ3) is 4.18. The van der Waals surface area contributed by atoms with Gasteiger partial charge in [-0.15, -0.1) is 0 Å². The van der Waals surface area contributed by atoms with Crippen molar-refractivity contribution in [3.05, 3.63) is 65.7 Å². The lowest BCUT2D eigenvalue weighted by Gasteiger charge is -2.32. The van der Waals surface area contributed by atoms with E-state index in [-0.39, 0.29) is 17.9 Å². The number of nitrogens with zero attached hydrogens (tertiary/aromatic N) is 1. The molecule has 0 saturated carbocycles. The molecule has 0 aliphatic carbocycles. The van der Waals surface area contributed by atoms with Crippen LogP contribution in [0.1, 0.15) is 33.6 Å². The first kappa shape index (κ1) is 17.0. The molecule has 0 spiro atoms. The van der Waals surface area contributed by atoms with E-state index in [0.29, 0.717) is 24.2 Å². The maximum absolute atomic E-state index is 12.5.